The first-order chi connectivity index (χ1) is 15.9. The van der Waals surface area contributed by atoms with Gasteiger partial charge in [0.05, 0.1) is 0 Å². The largest absolute Gasteiger partial charge is 0.480 e. The van der Waals surface area contributed by atoms with Gasteiger partial charge in [-0.05, 0) is 0 Å². The van der Waals surface area contributed by atoms with Crippen molar-refractivity contribution in [1.82, 2.24) is 0 Å². The molecule has 0 aromatic carbocycles. The minimum Gasteiger partial charge on any atom is -0.391 e. The van der Waals surface area contributed by atoms with E-state index < -0.39 is 88.0 Å². The molecule has 6 atom stereocenters. The number of rotatable bonds is 0. The molecule has 6 fully saturated rings. The Kier molecular flexibility index (Phi) is 10.1. The molecular formula is C10H32O16Si10Y2. The monoisotopic (exact) mass is 866 g/mol. The van der Waals surface area contributed by atoms with E-state index in [1.165, 1.54) is 26.2 Å². The summed E-state index contributed by atoms with van der Waals surface area (Å²) >= 11 is 0. The summed E-state index contributed by atoms with van der Waals surface area (Å²) in [4.78, 5) is 22.4. The van der Waals surface area contributed by atoms with Gasteiger partial charge in [0, 0.05) is 131 Å². The van der Waals surface area contributed by atoms with Crippen molar-refractivity contribution < 1.29 is 133 Å². The SMILES string of the molecule is C[Si]1(O)O[Si](C)(O)O[Si]2(C)O[Si]3(C)O[Si]4(C)O[Si](C)(O1)O[Si]1(C)O[Si](C)(O2)O[Si](C)(O3)O[Si](C)(O4)O1.[Y].[Y]. The predicted molar refractivity (Wildman–Crippen MR) is 136 cm³/mol. The molecule has 0 aliphatic carbocycles. The van der Waals surface area contributed by atoms with Crippen LogP contribution in [-0.2, 0) is 123 Å². The molecule has 16 nitrogen and oxygen atoms in total. The number of hydrogen-bond donors (Lipinski definition) is 2. The van der Waals surface area contributed by atoms with Crippen molar-refractivity contribution in [3.63, 3.8) is 0 Å². The molecule has 0 aromatic rings. The Morgan fingerprint density at radius 3 is 0.553 bits per heavy atom. The smallest absolute Gasteiger partial charge is 0.391 e. The number of hydrogen-bond acceptors (Lipinski definition) is 16. The second-order valence-corrected chi connectivity index (χ2v) is 38.9. The molecule has 28 heteroatoms. The molecule has 6 aliphatic heterocycles. The van der Waals surface area contributed by atoms with Gasteiger partial charge in [0.15, 0.2) is 0 Å². The van der Waals surface area contributed by atoms with E-state index in [9.17, 15) is 9.59 Å². The van der Waals surface area contributed by atoms with Gasteiger partial charge >= 0.3 is 88.0 Å². The van der Waals surface area contributed by atoms with Gasteiger partial charge < -0.3 is 67.2 Å². The normalized spacial score (nSPS) is 60.3. The molecule has 6 aliphatic rings. The third-order valence-corrected chi connectivity index (χ3v) is 46.9. The van der Waals surface area contributed by atoms with Gasteiger partial charge in [-0.2, -0.15) is 0 Å². The predicted octanol–water partition coefficient (Wildman–Crippen LogP) is -0.0466. The Morgan fingerprint density at radius 1 is 0.263 bits per heavy atom. The maximum absolute atomic E-state index is 11.2. The molecule has 2 N–H and O–H groups in total. The summed E-state index contributed by atoms with van der Waals surface area (Å²) < 4.78 is 89.1. The third kappa shape index (κ3) is 7.75. The van der Waals surface area contributed by atoms with Crippen LogP contribution in [0.4, 0.5) is 0 Å². The van der Waals surface area contributed by atoms with Crippen LogP contribution in [0.2, 0.25) is 65.5 Å². The first kappa shape index (κ1) is 36.2. The molecule has 0 aromatic heterocycles. The molecule has 0 amide bonds. The average molecular weight is 867 g/mol. The standard InChI is InChI=1S/C10H32O16Si10.2Y/c1-27(11)13-28(2,12)15-30(4)18-33(7)20-31(5)16-29(3,14-27)17-32(6)21-34(8,19-30)25-36(10,24-33)26-35(9,22-31)23-32;;/h11-12H,1-10H3;;. The Balaban J connectivity index is 0.00000200. The van der Waals surface area contributed by atoms with Gasteiger partial charge in [0.1, 0.15) is 0 Å². The van der Waals surface area contributed by atoms with E-state index in [1.54, 1.807) is 39.3 Å². The summed E-state index contributed by atoms with van der Waals surface area (Å²) in [6.07, 6.45) is 0. The van der Waals surface area contributed by atoms with Crippen LogP contribution in [0, 0.1) is 0 Å². The molecular weight excluding hydrogens is 835 g/mol. The molecule has 6 heterocycles. The Labute approximate surface area is 282 Å². The second kappa shape index (κ2) is 10.6. The molecule has 6 saturated heterocycles. The van der Waals surface area contributed by atoms with Crippen molar-refractivity contribution >= 4 is 88.0 Å². The van der Waals surface area contributed by atoms with E-state index in [2.05, 4.69) is 0 Å². The van der Waals surface area contributed by atoms with E-state index in [4.69, 9.17) is 57.6 Å². The quantitative estimate of drug-likeness (QED) is 0.311. The molecule has 38 heavy (non-hydrogen) atoms. The summed E-state index contributed by atoms with van der Waals surface area (Å²) in [5, 5.41) is 0. The Hall–Kier alpha value is 3.74. The fourth-order valence-corrected chi connectivity index (χ4v) is 57.3. The molecule has 0 spiro atoms. The van der Waals surface area contributed by atoms with Gasteiger partial charge in [-0.15, -0.1) is 0 Å². The topological polar surface area (TPSA) is 170 Å². The summed E-state index contributed by atoms with van der Waals surface area (Å²) in [7, 11) is -39.0. The van der Waals surface area contributed by atoms with Crippen molar-refractivity contribution in [3.8, 4) is 0 Å². The van der Waals surface area contributed by atoms with E-state index in [-0.39, 0.29) is 65.4 Å². The van der Waals surface area contributed by atoms with Crippen LogP contribution in [0.25, 0.3) is 0 Å². The van der Waals surface area contributed by atoms with Crippen LogP contribution < -0.4 is 0 Å². The van der Waals surface area contributed by atoms with E-state index >= 15 is 0 Å². The van der Waals surface area contributed by atoms with E-state index in [0.29, 0.717) is 0 Å². The molecule has 8 bridgehead atoms. The first-order valence-electron chi connectivity index (χ1n) is 11.2. The zero-order chi connectivity index (χ0) is 26.9. The number of fused-ring (bicyclic) bond motifs is 4. The second-order valence-electron chi connectivity index (χ2n) is 10.1. The van der Waals surface area contributed by atoms with Crippen LogP contribution >= 0.6 is 0 Å². The molecule has 6 rings (SSSR count). The molecule has 6 unspecified atom stereocenters. The maximum Gasteiger partial charge on any atom is 0.480 e. The van der Waals surface area contributed by atoms with Crippen LogP contribution in [0.3, 0.4) is 0 Å². The molecule has 2 radical (unpaired) electrons. The van der Waals surface area contributed by atoms with Crippen molar-refractivity contribution in [2.45, 2.75) is 65.5 Å². The fourth-order valence-electron chi connectivity index (χ4n) is 5.29. The molecule has 0 saturated carbocycles. The zero-order valence-electron chi connectivity index (χ0n) is 22.8. The maximum atomic E-state index is 11.2. The van der Waals surface area contributed by atoms with Crippen molar-refractivity contribution in [3.05, 3.63) is 0 Å². The zero-order valence-corrected chi connectivity index (χ0v) is 38.4. The van der Waals surface area contributed by atoms with Crippen molar-refractivity contribution in [1.29, 1.82) is 0 Å². The van der Waals surface area contributed by atoms with Crippen molar-refractivity contribution in [2.24, 2.45) is 0 Å². The van der Waals surface area contributed by atoms with Crippen LogP contribution in [0.1, 0.15) is 0 Å². The van der Waals surface area contributed by atoms with E-state index in [0.717, 1.165) is 0 Å². The first-order valence-corrected chi connectivity index (χ1v) is 33.5. The summed E-state index contributed by atoms with van der Waals surface area (Å²) in [6.45, 7) is 15.5. The van der Waals surface area contributed by atoms with Crippen LogP contribution in [0.5, 0.6) is 0 Å². The van der Waals surface area contributed by atoms with E-state index in [1.807, 2.05) is 0 Å². The average Bonchev–Trinajstić information content (AvgIpc) is 2.39. The van der Waals surface area contributed by atoms with Gasteiger partial charge in [-0.1, -0.05) is 0 Å². The Bertz CT molecular complexity index is 842. The summed E-state index contributed by atoms with van der Waals surface area (Å²) in [6, 6.07) is 0. The minimum atomic E-state index is -4.16. The minimum absolute atomic E-state index is 0. The third-order valence-electron chi connectivity index (χ3n) is 5.21. The van der Waals surface area contributed by atoms with Crippen LogP contribution in [-0.4, -0.2) is 97.6 Å². The summed E-state index contributed by atoms with van der Waals surface area (Å²) in [5.74, 6) is 0. The van der Waals surface area contributed by atoms with Gasteiger partial charge in [0.2, 0.25) is 0 Å². The Morgan fingerprint density at radius 2 is 0.395 bits per heavy atom. The van der Waals surface area contributed by atoms with Crippen molar-refractivity contribution in [2.75, 3.05) is 0 Å². The van der Waals surface area contributed by atoms with Gasteiger partial charge in [-0.25, -0.2) is 0 Å². The van der Waals surface area contributed by atoms with Gasteiger partial charge in [-0.3, -0.25) is 0 Å². The molecule has 214 valence electrons. The van der Waals surface area contributed by atoms with Crippen LogP contribution in [0.15, 0.2) is 0 Å². The van der Waals surface area contributed by atoms with Gasteiger partial charge in [0.25, 0.3) is 0 Å². The summed E-state index contributed by atoms with van der Waals surface area (Å²) in [5.41, 5.74) is 0. The fraction of sp³-hybridized carbons (Fsp3) is 1.00.